The van der Waals surface area contributed by atoms with Crippen LogP contribution in [0.4, 0.5) is 8.78 Å². The van der Waals surface area contributed by atoms with Gasteiger partial charge in [-0.3, -0.25) is 9.56 Å². The zero-order chi connectivity index (χ0) is 29.7. The van der Waals surface area contributed by atoms with Crippen LogP contribution in [0, 0.1) is 11.6 Å². The number of aliphatic imine (C=N–C) groups is 1. The fourth-order valence-corrected chi connectivity index (χ4v) is 4.96. The Hall–Kier alpha value is -3.60. The van der Waals surface area contributed by atoms with E-state index >= 15 is 8.78 Å². The number of aryl methyl sites for hydroxylation is 1. The van der Waals surface area contributed by atoms with E-state index in [-0.39, 0.29) is 22.7 Å². The third kappa shape index (κ3) is 7.58. The number of halogens is 3. The summed E-state index contributed by atoms with van der Waals surface area (Å²) in [6, 6.07) is 9.54. The van der Waals surface area contributed by atoms with Crippen molar-refractivity contribution < 1.29 is 8.78 Å². The van der Waals surface area contributed by atoms with Crippen LogP contribution in [0.25, 0.3) is 28.0 Å². The maximum Gasteiger partial charge on any atom is 0.354 e. The molecule has 8 nitrogen and oxygen atoms in total. The molecule has 6 N–H and O–H groups in total. The molecule has 0 spiro atoms. The Morgan fingerprint density at radius 1 is 1.20 bits per heavy atom. The number of nitrogens with zero attached hydrogens (tertiary/aromatic N) is 3. The highest BCUT2D eigenvalue weighted by Gasteiger charge is 2.17. The Kier molecular flexibility index (Phi) is 9.90. The van der Waals surface area contributed by atoms with Crippen LogP contribution in [0.2, 0.25) is 5.02 Å². The maximum atomic E-state index is 15.1. The summed E-state index contributed by atoms with van der Waals surface area (Å²) in [6.45, 7) is 6.80. The second kappa shape index (κ2) is 13.4. The first-order valence-electron chi connectivity index (χ1n) is 13.7. The summed E-state index contributed by atoms with van der Waals surface area (Å²) in [5.74, 6) is -0.474. The van der Waals surface area contributed by atoms with Gasteiger partial charge in [-0.1, -0.05) is 17.7 Å². The first-order chi connectivity index (χ1) is 19.5. The Balaban J connectivity index is 1.57. The van der Waals surface area contributed by atoms with Gasteiger partial charge < -0.3 is 21.8 Å². The van der Waals surface area contributed by atoms with Gasteiger partial charge in [0.15, 0.2) is 5.82 Å². The fourth-order valence-electron chi connectivity index (χ4n) is 4.72. The molecule has 2 atom stereocenters. The highest BCUT2D eigenvalue weighted by molar-refractivity contribution is 6.31. The highest BCUT2D eigenvalue weighted by Crippen LogP contribution is 2.31. The molecule has 0 aliphatic carbocycles. The number of amidine groups is 1. The molecule has 218 valence electrons. The average Bonchev–Trinajstić information content (AvgIpc) is 3.31. The van der Waals surface area contributed by atoms with E-state index in [1.165, 1.54) is 10.6 Å². The normalized spacial score (nSPS) is 13.6. The zero-order valence-electron chi connectivity index (χ0n) is 23.5. The number of nitrogens with one attached hydrogen (secondary N) is 2. The number of rotatable bonds is 12. The highest BCUT2D eigenvalue weighted by atomic mass is 35.5. The predicted octanol–water partition coefficient (Wildman–Crippen LogP) is 5.40. The third-order valence-electron chi connectivity index (χ3n) is 6.89. The fraction of sp³-hybridized carbons (Fsp3) is 0.367. The summed E-state index contributed by atoms with van der Waals surface area (Å²) in [4.78, 5) is 24.2. The van der Waals surface area contributed by atoms with Crippen molar-refractivity contribution in [3.8, 4) is 16.9 Å². The standard InChI is InChI=1S/C30H36ClF2N7O/c1-17(34)6-4-7-20-12-24(28(33)25(31)13-20)27-14-21-16-40(30(41)39-29(21)38-27)22-8-9-23(26(32)15-22)18(2)36-10-5-11-37-19(3)35/h8-9,12-18,36H,4-7,10-11,34H2,1-3H3,(H2,35,37)(H,38,39,41). The Morgan fingerprint density at radius 3 is 2.68 bits per heavy atom. The summed E-state index contributed by atoms with van der Waals surface area (Å²) in [5.41, 5.74) is 13.5. The smallest absolute Gasteiger partial charge is 0.354 e. The molecule has 2 aromatic carbocycles. The largest absolute Gasteiger partial charge is 0.388 e. The number of aromatic amines is 1. The second-order valence-electron chi connectivity index (χ2n) is 10.4. The molecule has 0 radical (unpaired) electrons. The van der Waals surface area contributed by atoms with Gasteiger partial charge in [0.1, 0.15) is 11.5 Å². The lowest BCUT2D eigenvalue weighted by Crippen LogP contribution is -2.23. The molecule has 41 heavy (non-hydrogen) atoms. The van der Waals surface area contributed by atoms with Gasteiger partial charge in [0, 0.05) is 41.3 Å². The molecule has 0 saturated heterocycles. The molecule has 4 rings (SSSR count). The molecular weight excluding hydrogens is 548 g/mol. The number of fused-ring (bicyclic) bond motifs is 1. The molecule has 0 bridgehead atoms. The lowest BCUT2D eigenvalue weighted by atomic mass is 10.0. The number of H-pyrrole nitrogens is 1. The molecule has 2 heterocycles. The molecule has 0 aliphatic heterocycles. The summed E-state index contributed by atoms with van der Waals surface area (Å²) in [6.07, 6.45) is 4.73. The van der Waals surface area contributed by atoms with Crippen LogP contribution < -0.4 is 22.5 Å². The molecule has 0 aliphatic rings. The summed E-state index contributed by atoms with van der Waals surface area (Å²) >= 11 is 6.21. The van der Waals surface area contributed by atoms with E-state index in [1.807, 2.05) is 13.8 Å². The van der Waals surface area contributed by atoms with Gasteiger partial charge in [0.05, 0.1) is 22.2 Å². The van der Waals surface area contributed by atoms with Crippen LogP contribution in [0.15, 0.2) is 52.4 Å². The van der Waals surface area contributed by atoms with Crippen LogP contribution in [0.1, 0.15) is 57.2 Å². The predicted molar refractivity (Wildman–Crippen MR) is 162 cm³/mol. The van der Waals surface area contributed by atoms with E-state index in [0.717, 1.165) is 24.8 Å². The van der Waals surface area contributed by atoms with E-state index in [1.54, 1.807) is 43.5 Å². The van der Waals surface area contributed by atoms with Crippen LogP contribution >= 0.6 is 11.6 Å². The quantitative estimate of drug-likeness (QED) is 0.101. The van der Waals surface area contributed by atoms with Gasteiger partial charge in [-0.2, -0.15) is 4.98 Å². The third-order valence-corrected chi connectivity index (χ3v) is 7.16. The van der Waals surface area contributed by atoms with E-state index in [9.17, 15) is 4.79 Å². The minimum atomic E-state index is -0.594. The Labute approximate surface area is 242 Å². The molecular formula is C30H36ClF2N7O. The van der Waals surface area contributed by atoms with Crippen molar-refractivity contribution in [2.24, 2.45) is 16.5 Å². The lowest BCUT2D eigenvalue weighted by molar-refractivity contribution is 0.523. The van der Waals surface area contributed by atoms with Gasteiger partial charge >= 0.3 is 5.69 Å². The van der Waals surface area contributed by atoms with E-state index in [4.69, 9.17) is 23.1 Å². The minimum Gasteiger partial charge on any atom is -0.388 e. The number of hydrogen-bond acceptors (Lipinski definition) is 5. The molecule has 11 heteroatoms. The second-order valence-corrected chi connectivity index (χ2v) is 10.9. The summed E-state index contributed by atoms with van der Waals surface area (Å²) in [5, 5.41) is 3.85. The van der Waals surface area contributed by atoms with Crippen LogP contribution in [0.5, 0.6) is 0 Å². The van der Waals surface area contributed by atoms with E-state index in [0.29, 0.717) is 53.3 Å². The molecule has 2 aromatic heterocycles. The van der Waals surface area contributed by atoms with Crippen molar-refractivity contribution in [2.45, 2.75) is 58.5 Å². The van der Waals surface area contributed by atoms with Crippen LogP contribution in [-0.4, -0.2) is 39.5 Å². The molecule has 0 amide bonds. The van der Waals surface area contributed by atoms with Gasteiger partial charge in [-0.15, -0.1) is 0 Å². The van der Waals surface area contributed by atoms with Crippen molar-refractivity contribution in [1.82, 2.24) is 19.9 Å². The lowest BCUT2D eigenvalue weighted by Gasteiger charge is -2.16. The van der Waals surface area contributed by atoms with E-state index in [2.05, 4.69) is 20.3 Å². The minimum absolute atomic E-state index is 0.0166. The molecule has 0 fully saturated rings. The zero-order valence-corrected chi connectivity index (χ0v) is 24.2. The monoisotopic (exact) mass is 583 g/mol. The van der Waals surface area contributed by atoms with Crippen molar-refractivity contribution in [3.05, 3.63) is 80.9 Å². The van der Waals surface area contributed by atoms with Crippen molar-refractivity contribution in [3.63, 3.8) is 0 Å². The summed E-state index contributed by atoms with van der Waals surface area (Å²) in [7, 11) is 0. The molecule has 0 saturated carbocycles. The Morgan fingerprint density at radius 2 is 1.98 bits per heavy atom. The summed E-state index contributed by atoms with van der Waals surface area (Å²) < 4.78 is 31.4. The van der Waals surface area contributed by atoms with Gasteiger partial charge in [-0.05, 0) is 88.9 Å². The van der Waals surface area contributed by atoms with Crippen molar-refractivity contribution in [1.29, 1.82) is 0 Å². The van der Waals surface area contributed by atoms with E-state index < -0.39 is 17.3 Å². The number of hydrogen-bond donors (Lipinski definition) is 4. The molecule has 2 unspecified atom stereocenters. The number of aromatic nitrogens is 3. The van der Waals surface area contributed by atoms with Crippen LogP contribution in [-0.2, 0) is 6.42 Å². The SMILES string of the molecule is CC(N)=NCCCNC(C)c1ccc(-n2cc3cc(-c4cc(CCCC(C)N)cc(Cl)c4F)[nH]c3nc2=O)cc1F. The molecule has 4 aromatic rings. The first-order valence-corrected chi connectivity index (χ1v) is 14.1. The van der Waals surface area contributed by atoms with Crippen molar-refractivity contribution in [2.75, 3.05) is 13.1 Å². The van der Waals surface area contributed by atoms with Gasteiger partial charge in [-0.25, -0.2) is 13.6 Å². The Bertz CT molecular complexity index is 1610. The van der Waals surface area contributed by atoms with Gasteiger partial charge in [0.25, 0.3) is 0 Å². The first kappa shape index (κ1) is 30.4. The maximum absolute atomic E-state index is 15.1. The number of nitrogens with two attached hydrogens (primary N) is 2. The van der Waals surface area contributed by atoms with Gasteiger partial charge in [0.2, 0.25) is 0 Å². The van der Waals surface area contributed by atoms with Crippen molar-refractivity contribution >= 4 is 28.5 Å². The van der Waals surface area contributed by atoms with Crippen LogP contribution in [0.3, 0.4) is 0 Å². The topological polar surface area (TPSA) is 127 Å². The number of benzene rings is 2. The average molecular weight is 584 g/mol.